The SMILES string of the molecule is CC(C)C[C@H](NC(=O)[C@H](CCCNC(=N)N[N+](=O)O)NC(=O)c1ccc2ncsc2c1)B1O[C@@H]2C[C@@H]3C[C@@H](C3(C)C)[C@]2(C)O1. The normalized spacial score (nSPS) is 26.3. The predicted molar refractivity (Wildman–Crippen MR) is 166 cm³/mol. The van der Waals surface area contributed by atoms with Gasteiger partial charge in [0.2, 0.25) is 5.91 Å². The molecule has 6 rings (SSSR count). The summed E-state index contributed by atoms with van der Waals surface area (Å²) in [5, 5.41) is 24.5. The van der Waals surface area contributed by atoms with Gasteiger partial charge < -0.3 is 25.3 Å². The Morgan fingerprint density at radius 2 is 2.02 bits per heavy atom. The van der Waals surface area contributed by atoms with Gasteiger partial charge in [-0.15, -0.1) is 11.3 Å². The Hall–Kier alpha value is -3.30. The van der Waals surface area contributed by atoms with Crippen LogP contribution >= 0.6 is 11.3 Å². The van der Waals surface area contributed by atoms with Gasteiger partial charge >= 0.3 is 12.2 Å². The summed E-state index contributed by atoms with van der Waals surface area (Å²) >= 11 is 1.43. The molecule has 13 nitrogen and oxygen atoms in total. The third kappa shape index (κ3) is 6.54. The van der Waals surface area contributed by atoms with E-state index < -0.39 is 35.7 Å². The Kier molecular flexibility index (Phi) is 9.20. The molecule has 1 aliphatic heterocycles. The molecule has 0 unspecified atom stereocenters. The number of hydrogen-bond acceptors (Lipinski definition) is 8. The highest BCUT2D eigenvalue weighted by Crippen LogP contribution is 2.65. The van der Waals surface area contributed by atoms with Crippen LogP contribution in [0.15, 0.2) is 23.7 Å². The minimum Gasteiger partial charge on any atom is -0.404 e. The van der Waals surface area contributed by atoms with Crippen LogP contribution in [0.4, 0.5) is 0 Å². The van der Waals surface area contributed by atoms with Crippen LogP contribution in [0.5, 0.6) is 0 Å². The number of rotatable bonds is 12. The van der Waals surface area contributed by atoms with E-state index in [0.29, 0.717) is 30.2 Å². The van der Waals surface area contributed by atoms with Gasteiger partial charge in [-0.3, -0.25) is 15.0 Å². The van der Waals surface area contributed by atoms with E-state index in [0.717, 1.165) is 23.1 Å². The molecule has 1 aromatic heterocycles. The minimum absolute atomic E-state index is 0.0213. The van der Waals surface area contributed by atoms with Gasteiger partial charge in [0.15, 0.2) is 0 Å². The zero-order valence-corrected chi connectivity index (χ0v) is 26.7. The lowest BCUT2D eigenvalue weighted by Gasteiger charge is -2.64. The zero-order chi connectivity index (χ0) is 31.8. The fraction of sp³-hybridized carbons (Fsp3) is 0.655. The minimum atomic E-state index is -0.891. The number of carbonyl (C=O) groups excluding carboxylic acids is 2. The van der Waals surface area contributed by atoms with Crippen LogP contribution in [-0.4, -0.2) is 70.3 Å². The van der Waals surface area contributed by atoms with Crippen LogP contribution in [0.2, 0.25) is 0 Å². The van der Waals surface area contributed by atoms with Crippen LogP contribution in [0.3, 0.4) is 0 Å². The van der Waals surface area contributed by atoms with Crippen molar-refractivity contribution >= 4 is 46.4 Å². The number of hydrogen-bond donors (Lipinski definition) is 6. The summed E-state index contributed by atoms with van der Waals surface area (Å²) in [5.74, 6) is -0.303. The Morgan fingerprint density at radius 3 is 2.73 bits per heavy atom. The first-order valence-corrected chi connectivity index (χ1v) is 16.2. The van der Waals surface area contributed by atoms with Crippen LogP contribution in [0.1, 0.15) is 77.1 Å². The number of fused-ring (bicyclic) bond motifs is 1. The topological polar surface area (TPSA) is 178 Å². The highest BCUT2D eigenvalue weighted by atomic mass is 32.1. The molecule has 6 N–H and O–H groups in total. The lowest BCUT2D eigenvalue weighted by Crippen LogP contribution is -2.65. The lowest BCUT2D eigenvalue weighted by molar-refractivity contribution is -0.822. The van der Waals surface area contributed by atoms with E-state index in [1.165, 1.54) is 11.3 Å². The van der Waals surface area contributed by atoms with E-state index in [2.05, 4.69) is 55.6 Å². The van der Waals surface area contributed by atoms with Gasteiger partial charge in [0.05, 0.1) is 33.4 Å². The molecule has 1 saturated heterocycles. The second-order valence-electron chi connectivity index (χ2n) is 13.5. The zero-order valence-electron chi connectivity index (χ0n) is 25.9. The predicted octanol–water partition coefficient (Wildman–Crippen LogP) is 3.17. The third-order valence-corrected chi connectivity index (χ3v) is 10.5. The van der Waals surface area contributed by atoms with Crippen molar-refractivity contribution in [3.8, 4) is 0 Å². The summed E-state index contributed by atoms with van der Waals surface area (Å²) in [7, 11) is -0.599. The van der Waals surface area contributed by atoms with Crippen molar-refractivity contribution in [2.24, 2.45) is 23.2 Å². The van der Waals surface area contributed by atoms with Crippen LogP contribution < -0.4 is 21.4 Å². The summed E-state index contributed by atoms with van der Waals surface area (Å²) in [4.78, 5) is 42.2. The van der Waals surface area contributed by atoms with Gasteiger partial charge in [-0.1, -0.05) is 27.7 Å². The van der Waals surface area contributed by atoms with Gasteiger partial charge in [0, 0.05) is 12.1 Å². The number of benzene rings is 1. The first-order valence-electron chi connectivity index (χ1n) is 15.3. The van der Waals surface area contributed by atoms with Crippen molar-refractivity contribution in [2.75, 3.05) is 6.54 Å². The van der Waals surface area contributed by atoms with E-state index >= 15 is 0 Å². The molecule has 3 saturated carbocycles. The molecular formula is C29H43BN7O6S+. The number of amides is 2. The van der Waals surface area contributed by atoms with Crippen molar-refractivity contribution in [3.05, 3.63) is 34.2 Å². The van der Waals surface area contributed by atoms with Crippen molar-refractivity contribution in [1.29, 1.82) is 5.41 Å². The number of hydrazine groups is 1. The number of nitrogens with one attached hydrogen (secondary N) is 5. The largest absolute Gasteiger partial charge is 0.481 e. The van der Waals surface area contributed by atoms with E-state index in [9.17, 15) is 14.5 Å². The van der Waals surface area contributed by atoms with Gasteiger partial charge in [-0.05, 0) is 85.8 Å². The summed E-state index contributed by atoms with van der Waals surface area (Å²) < 4.78 is 14.1. The van der Waals surface area contributed by atoms with Crippen LogP contribution in [0, 0.1) is 33.5 Å². The standard InChI is InChI=1S/C29H42BN7O6S/c1-16(2)11-24(30-42-23-14-18-13-22(28(18,3)4)29(23,5)43-30)35-26(39)20(7-6-10-32-27(31)36-37(40)41)34-25(38)17-8-9-19-21(12-17)44-15-33-19/h8-9,12,15-16,18,20,22-24H,6-7,10-11,13-14H2,1-5H3,(H5-,31,32,34,35,36,38,39,40,41)/p+1/t18-,20-,22-,23+,24-,29-/m0/s1. The molecule has 2 aromatic rings. The van der Waals surface area contributed by atoms with E-state index in [1.807, 2.05) is 5.43 Å². The highest BCUT2D eigenvalue weighted by molar-refractivity contribution is 7.16. The fourth-order valence-electron chi connectivity index (χ4n) is 7.26. The van der Waals surface area contributed by atoms with Crippen LogP contribution in [0.25, 0.3) is 10.2 Å². The molecule has 238 valence electrons. The molecule has 2 bridgehead atoms. The Bertz CT molecular complexity index is 1420. The molecule has 0 radical (unpaired) electrons. The van der Waals surface area contributed by atoms with Crippen molar-refractivity contribution in [1.82, 2.24) is 26.4 Å². The second-order valence-corrected chi connectivity index (χ2v) is 14.4. The molecule has 4 aliphatic rings. The third-order valence-electron chi connectivity index (χ3n) is 9.74. The number of aromatic nitrogens is 1. The number of carbonyl (C=O) groups is 2. The number of nitrogens with zero attached hydrogens (tertiary/aromatic N) is 2. The summed E-state index contributed by atoms with van der Waals surface area (Å²) in [5.41, 5.74) is 4.57. The first kappa shape index (κ1) is 32.1. The fourth-order valence-corrected chi connectivity index (χ4v) is 7.98. The first-order chi connectivity index (χ1) is 20.8. The monoisotopic (exact) mass is 628 g/mol. The lowest BCUT2D eigenvalue weighted by atomic mass is 9.43. The Balaban J connectivity index is 1.29. The Morgan fingerprint density at radius 1 is 1.25 bits per heavy atom. The molecule has 2 heterocycles. The second kappa shape index (κ2) is 12.6. The van der Waals surface area contributed by atoms with Crippen LogP contribution in [-0.2, 0) is 14.1 Å². The van der Waals surface area contributed by atoms with E-state index in [-0.39, 0.29) is 42.2 Å². The number of guanidine groups is 1. The van der Waals surface area contributed by atoms with Crippen molar-refractivity contribution < 1.29 is 29.1 Å². The molecule has 15 heteroatoms. The van der Waals surface area contributed by atoms with Gasteiger partial charge in [-0.2, -0.15) is 0 Å². The quantitative estimate of drug-likeness (QED) is 0.0678. The molecule has 3 aliphatic carbocycles. The van der Waals surface area contributed by atoms with Gasteiger partial charge in [0.25, 0.3) is 11.9 Å². The molecule has 1 aromatic carbocycles. The summed E-state index contributed by atoms with van der Waals surface area (Å²) in [6.07, 6.45) is 3.32. The van der Waals surface area contributed by atoms with Gasteiger partial charge in [0.1, 0.15) is 10.9 Å². The molecule has 4 fully saturated rings. The molecule has 44 heavy (non-hydrogen) atoms. The maximum Gasteiger partial charge on any atom is 0.481 e. The van der Waals surface area contributed by atoms with Crippen molar-refractivity contribution in [3.63, 3.8) is 0 Å². The molecule has 2 amide bonds. The Labute approximate surface area is 261 Å². The smallest absolute Gasteiger partial charge is 0.404 e. The molecule has 6 atom stereocenters. The van der Waals surface area contributed by atoms with Gasteiger partial charge in [-0.25, -0.2) is 10.2 Å². The molecule has 0 spiro atoms. The number of thiazole rings is 1. The highest BCUT2D eigenvalue weighted by Gasteiger charge is 2.68. The maximum atomic E-state index is 13.9. The average Bonchev–Trinajstić information content (AvgIpc) is 3.56. The average molecular weight is 629 g/mol. The van der Waals surface area contributed by atoms with Crippen molar-refractivity contribution in [2.45, 2.75) is 90.4 Å². The van der Waals surface area contributed by atoms with E-state index in [4.69, 9.17) is 19.9 Å². The summed E-state index contributed by atoms with van der Waals surface area (Å²) in [6.45, 7) is 11.2. The molecular weight excluding hydrogens is 585 g/mol. The summed E-state index contributed by atoms with van der Waals surface area (Å²) in [6, 6.07) is 4.32. The van der Waals surface area contributed by atoms with E-state index in [1.54, 1.807) is 23.7 Å². The maximum absolute atomic E-state index is 13.9.